The van der Waals surface area contributed by atoms with Crippen molar-refractivity contribution in [2.45, 2.75) is 13.0 Å². The zero-order valence-corrected chi connectivity index (χ0v) is 13.0. The van der Waals surface area contributed by atoms with Crippen LogP contribution in [0.3, 0.4) is 0 Å². The van der Waals surface area contributed by atoms with Crippen molar-refractivity contribution < 1.29 is 8.42 Å². The maximum atomic E-state index is 11.8. The van der Waals surface area contributed by atoms with Gasteiger partial charge in [0.2, 0.25) is 10.0 Å². The van der Waals surface area contributed by atoms with E-state index in [0.29, 0.717) is 24.5 Å². The summed E-state index contributed by atoms with van der Waals surface area (Å²) in [6, 6.07) is 7.51. The number of aromatic nitrogens is 1. The number of hydrogen-bond donors (Lipinski definition) is 0. The van der Waals surface area contributed by atoms with Gasteiger partial charge in [0, 0.05) is 22.5 Å². The lowest BCUT2D eigenvalue weighted by atomic mass is 10.2. The molecule has 1 aromatic carbocycles. The van der Waals surface area contributed by atoms with Gasteiger partial charge in [0.25, 0.3) is 0 Å². The summed E-state index contributed by atoms with van der Waals surface area (Å²) in [5.41, 5.74) is 1.67. The number of nitrogens with zero attached hydrogens (tertiary/aromatic N) is 2. The lowest BCUT2D eigenvalue weighted by Gasteiger charge is -2.11. The first-order chi connectivity index (χ1) is 9.56. The number of rotatable bonds is 3. The van der Waals surface area contributed by atoms with E-state index in [1.807, 2.05) is 29.6 Å². The highest BCUT2D eigenvalue weighted by Gasteiger charge is 2.28. The molecule has 7 heteroatoms. The SMILES string of the molecule is O=S1(=O)CCCN1Cc1nc(-c2ccccc2Cl)cs1. The van der Waals surface area contributed by atoms with E-state index in [2.05, 4.69) is 4.98 Å². The molecule has 0 aliphatic carbocycles. The number of halogens is 1. The van der Waals surface area contributed by atoms with Crippen molar-refractivity contribution in [1.82, 2.24) is 9.29 Å². The summed E-state index contributed by atoms with van der Waals surface area (Å²) >= 11 is 7.61. The fourth-order valence-corrected chi connectivity index (χ4v) is 4.80. The first-order valence-electron chi connectivity index (χ1n) is 6.23. The normalized spacial score (nSPS) is 18.4. The van der Waals surface area contributed by atoms with Crippen molar-refractivity contribution in [1.29, 1.82) is 0 Å². The molecule has 1 fully saturated rings. The summed E-state index contributed by atoms with van der Waals surface area (Å²) in [5, 5.41) is 3.36. The molecule has 20 heavy (non-hydrogen) atoms. The van der Waals surface area contributed by atoms with Crippen molar-refractivity contribution in [2.75, 3.05) is 12.3 Å². The topological polar surface area (TPSA) is 50.3 Å². The minimum absolute atomic E-state index is 0.246. The molecule has 1 aromatic heterocycles. The zero-order chi connectivity index (χ0) is 14.2. The van der Waals surface area contributed by atoms with Gasteiger partial charge >= 0.3 is 0 Å². The smallest absolute Gasteiger partial charge is 0.214 e. The Balaban J connectivity index is 1.83. The van der Waals surface area contributed by atoms with E-state index in [0.717, 1.165) is 16.3 Å². The molecule has 2 heterocycles. The summed E-state index contributed by atoms with van der Waals surface area (Å²) in [6.07, 6.45) is 0.699. The Morgan fingerprint density at radius 3 is 2.85 bits per heavy atom. The molecule has 0 saturated carbocycles. The lowest BCUT2D eigenvalue weighted by molar-refractivity contribution is 0.439. The number of benzene rings is 1. The van der Waals surface area contributed by atoms with Gasteiger partial charge < -0.3 is 0 Å². The van der Waals surface area contributed by atoms with Crippen molar-refractivity contribution in [3.05, 3.63) is 39.7 Å². The second kappa shape index (κ2) is 5.44. The highest BCUT2D eigenvalue weighted by molar-refractivity contribution is 7.89. The Morgan fingerprint density at radius 2 is 2.15 bits per heavy atom. The van der Waals surface area contributed by atoms with E-state index >= 15 is 0 Å². The second-order valence-electron chi connectivity index (χ2n) is 4.61. The van der Waals surface area contributed by atoms with E-state index in [4.69, 9.17) is 11.6 Å². The van der Waals surface area contributed by atoms with E-state index in [1.54, 1.807) is 0 Å². The van der Waals surface area contributed by atoms with Gasteiger partial charge in [-0.25, -0.2) is 13.4 Å². The summed E-state index contributed by atoms with van der Waals surface area (Å²) in [4.78, 5) is 4.50. The maximum Gasteiger partial charge on any atom is 0.214 e. The standard InChI is InChI=1S/C13H13ClN2O2S2/c14-11-5-2-1-4-10(11)12-9-19-13(15-12)8-16-6-3-7-20(16,17)18/h1-2,4-5,9H,3,6-8H2. The molecule has 106 valence electrons. The minimum atomic E-state index is -3.07. The predicted molar refractivity (Wildman–Crippen MR) is 81.4 cm³/mol. The highest BCUT2D eigenvalue weighted by Crippen LogP contribution is 2.29. The summed E-state index contributed by atoms with van der Waals surface area (Å²) in [6.45, 7) is 0.945. The Morgan fingerprint density at radius 1 is 1.35 bits per heavy atom. The van der Waals surface area contributed by atoms with Crippen molar-refractivity contribution in [3.8, 4) is 11.3 Å². The average molecular weight is 329 g/mol. The van der Waals surface area contributed by atoms with Crippen molar-refractivity contribution >= 4 is 33.0 Å². The predicted octanol–water partition coefficient (Wildman–Crippen LogP) is 3.00. The summed E-state index contributed by atoms with van der Waals surface area (Å²) in [5.74, 6) is 0.246. The molecular formula is C13H13ClN2O2S2. The van der Waals surface area contributed by atoms with E-state index < -0.39 is 10.0 Å². The number of sulfonamides is 1. The molecule has 3 rings (SSSR count). The van der Waals surface area contributed by atoms with Crippen LogP contribution in [0.2, 0.25) is 5.02 Å². The second-order valence-corrected chi connectivity index (χ2v) is 8.05. The van der Waals surface area contributed by atoms with Gasteiger partial charge in [-0.2, -0.15) is 4.31 Å². The van der Waals surface area contributed by atoms with Crippen molar-refractivity contribution in [2.24, 2.45) is 0 Å². The quantitative estimate of drug-likeness (QED) is 0.870. The van der Waals surface area contributed by atoms with Gasteiger partial charge in [0.05, 0.1) is 18.0 Å². The van der Waals surface area contributed by atoms with Crippen LogP contribution < -0.4 is 0 Å². The lowest BCUT2D eigenvalue weighted by Crippen LogP contribution is -2.25. The summed E-state index contributed by atoms with van der Waals surface area (Å²) in [7, 11) is -3.07. The van der Waals surface area contributed by atoms with E-state index in [1.165, 1.54) is 15.6 Å². The van der Waals surface area contributed by atoms with Crippen LogP contribution in [-0.4, -0.2) is 30.0 Å². The van der Waals surface area contributed by atoms with E-state index in [9.17, 15) is 8.42 Å². The van der Waals surface area contributed by atoms with Crippen LogP contribution in [0.5, 0.6) is 0 Å². The van der Waals surface area contributed by atoms with Gasteiger partial charge in [-0.15, -0.1) is 11.3 Å². The number of thiazole rings is 1. The van der Waals surface area contributed by atoms with Gasteiger partial charge in [-0.1, -0.05) is 29.8 Å². The van der Waals surface area contributed by atoms with Crippen LogP contribution in [0.4, 0.5) is 0 Å². The first-order valence-corrected chi connectivity index (χ1v) is 9.10. The molecule has 0 amide bonds. The average Bonchev–Trinajstić information content (AvgIpc) is 2.98. The monoisotopic (exact) mass is 328 g/mol. The Kier molecular flexibility index (Phi) is 3.81. The molecule has 1 aliphatic heterocycles. The molecular weight excluding hydrogens is 316 g/mol. The minimum Gasteiger partial charge on any atom is -0.240 e. The van der Waals surface area contributed by atoms with E-state index in [-0.39, 0.29) is 5.75 Å². The van der Waals surface area contributed by atoms with Gasteiger partial charge in [-0.05, 0) is 12.5 Å². The molecule has 2 aromatic rings. The molecule has 0 spiro atoms. The third-order valence-electron chi connectivity index (χ3n) is 3.22. The Bertz CT molecular complexity index is 727. The van der Waals surface area contributed by atoms with Gasteiger partial charge in [-0.3, -0.25) is 0 Å². The maximum absolute atomic E-state index is 11.8. The molecule has 0 radical (unpaired) electrons. The molecule has 0 N–H and O–H groups in total. The molecule has 1 saturated heterocycles. The first kappa shape index (κ1) is 14.0. The van der Waals surface area contributed by atoms with Gasteiger partial charge in [0.15, 0.2) is 0 Å². The largest absolute Gasteiger partial charge is 0.240 e. The Labute approximate surface area is 127 Å². The van der Waals surface area contributed by atoms with Crippen LogP contribution in [0.1, 0.15) is 11.4 Å². The van der Waals surface area contributed by atoms with Crippen LogP contribution in [0.25, 0.3) is 11.3 Å². The van der Waals surface area contributed by atoms with Crippen LogP contribution in [0.15, 0.2) is 29.6 Å². The molecule has 1 aliphatic rings. The van der Waals surface area contributed by atoms with Crippen molar-refractivity contribution in [3.63, 3.8) is 0 Å². The Hall–Kier alpha value is -0.950. The molecule has 4 nitrogen and oxygen atoms in total. The third kappa shape index (κ3) is 2.74. The molecule has 0 atom stereocenters. The zero-order valence-electron chi connectivity index (χ0n) is 10.6. The fraction of sp³-hybridized carbons (Fsp3) is 0.308. The molecule has 0 bridgehead atoms. The third-order valence-corrected chi connectivity index (χ3v) is 6.28. The van der Waals surface area contributed by atoms with Crippen LogP contribution in [0, 0.1) is 0 Å². The van der Waals surface area contributed by atoms with Crippen LogP contribution >= 0.6 is 22.9 Å². The summed E-state index contributed by atoms with van der Waals surface area (Å²) < 4.78 is 25.1. The highest BCUT2D eigenvalue weighted by atomic mass is 35.5. The van der Waals surface area contributed by atoms with Gasteiger partial charge in [0.1, 0.15) is 5.01 Å². The van der Waals surface area contributed by atoms with Crippen LogP contribution in [-0.2, 0) is 16.6 Å². The fourth-order valence-electron chi connectivity index (χ4n) is 2.20. The molecule has 0 unspecified atom stereocenters. The number of hydrogen-bond acceptors (Lipinski definition) is 4.